The van der Waals surface area contributed by atoms with Gasteiger partial charge >= 0.3 is 0 Å². The molecule has 4 N–H and O–H groups in total. The number of anilines is 1. The lowest BCUT2D eigenvalue weighted by molar-refractivity contribution is -0.118. The van der Waals surface area contributed by atoms with Gasteiger partial charge in [0.05, 0.1) is 13.0 Å². The van der Waals surface area contributed by atoms with E-state index < -0.39 is 17.6 Å². The first-order chi connectivity index (χ1) is 15.9. The fourth-order valence-electron chi connectivity index (χ4n) is 3.59. The third-order valence-corrected chi connectivity index (χ3v) is 5.14. The van der Waals surface area contributed by atoms with E-state index in [1.165, 1.54) is 31.4 Å². The van der Waals surface area contributed by atoms with Crippen LogP contribution < -0.4 is 25.3 Å². The number of rotatable bonds is 6. The Balaban J connectivity index is 1.56. The molecule has 1 amide bonds. The molecule has 0 fully saturated rings. The number of halogens is 1. The number of H-pyrrole nitrogens is 1. The molecule has 33 heavy (non-hydrogen) atoms. The predicted octanol–water partition coefficient (Wildman–Crippen LogP) is 3.10. The molecule has 0 radical (unpaired) electrons. The van der Waals surface area contributed by atoms with Crippen LogP contribution in [0.25, 0.3) is 0 Å². The van der Waals surface area contributed by atoms with Crippen molar-refractivity contribution in [3.8, 4) is 23.4 Å². The van der Waals surface area contributed by atoms with Crippen LogP contribution in [0.15, 0.2) is 53.9 Å². The number of nitrogens with one attached hydrogen (secondary N) is 2. The van der Waals surface area contributed by atoms with E-state index in [9.17, 15) is 14.4 Å². The van der Waals surface area contributed by atoms with E-state index in [2.05, 4.69) is 21.6 Å². The molecule has 0 saturated carbocycles. The number of nitriles is 1. The van der Waals surface area contributed by atoms with Crippen molar-refractivity contribution in [1.29, 1.82) is 5.26 Å². The van der Waals surface area contributed by atoms with E-state index >= 15 is 0 Å². The molecule has 1 unspecified atom stereocenters. The van der Waals surface area contributed by atoms with Gasteiger partial charge in [-0.05, 0) is 48.9 Å². The molecule has 9 nitrogen and oxygen atoms in total. The van der Waals surface area contributed by atoms with E-state index in [1.54, 1.807) is 18.2 Å². The summed E-state index contributed by atoms with van der Waals surface area (Å²) in [6, 6.07) is 12.6. The second-order valence-corrected chi connectivity index (χ2v) is 7.25. The molecule has 1 aliphatic rings. The largest absolute Gasteiger partial charge is 0.493 e. The molecule has 0 bridgehead atoms. The zero-order chi connectivity index (χ0) is 23.5. The topological polar surface area (TPSA) is 135 Å². The van der Waals surface area contributed by atoms with Gasteiger partial charge in [-0.2, -0.15) is 5.26 Å². The third kappa shape index (κ3) is 4.29. The molecule has 0 aliphatic carbocycles. The van der Waals surface area contributed by atoms with Gasteiger partial charge in [-0.15, -0.1) is 5.10 Å². The van der Waals surface area contributed by atoms with Crippen molar-refractivity contribution in [2.45, 2.75) is 12.8 Å². The highest BCUT2D eigenvalue weighted by Crippen LogP contribution is 2.44. The third-order valence-electron chi connectivity index (χ3n) is 5.14. The summed E-state index contributed by atoms with van der Waals surface area (Å²) >= 11 is 0. The number of aryl methyl sites for hydroxylation is 1. The van der Waals surface area contributed by atoms with Crippen LogP contribution in [0, 0.1) is 24.1 Å². The van der Waals surface area contributed by atoms with Crippen LogP contribution in [-0.4, -0.2) is 29.8 Å². The minimum absolute atomic E-state index is 0.0155. The fourth-order valence-corrected chi connectivity index (χ4v) is 3.59. The van der Waals surface area contributed by atoms with Gasteiger partial charge in [-0.3, -0.25) is 9.89 Å². The van der Waals surface area contributed by atoms with Crippen LogP contribution in [0.5, 0.6) is 17.4 Å². The number of amides is 1. The minimum Gasteiger partial charge on any atom is -0.493 e. The van der Waals surface area contributed by atoms with Crippen molar-refractivity contribution < 1.29 is 23.4 Å². The second-order valence-electron chi connectivity index (χ2n) is 7.25. The van der Waals surface area contributed by atoms with E-state index in [4.69, 9.17) is 19.9 Å². The van der Waals surface area contributed by atoms with E-state index in [-0.39, 0.29) is 18.1 Å². The van der Waals surface area contributed by atoms with Crippen LogP contribution in [0.4, 0.5) is 10.1 Å². The number of methoxy groups -OCH3 is 1. The standard InChI is InChI=1S/C23H20FN5O4/c1-12-20-21(16(10-25)22(26)33-23(20)29-28-12)13-3-8-17(18(9-13)31-2)32-11-19(30)27-15-6-4-14(24)5-7-15/h3-9,21H,11,26H2,1-2H3,(H,27,30)(H,28,29). The number of benzene rings is 2. The van der Waals surface area contributed by atoms with Gasteiger partial charge in [-0.25, -0.2) is 4.39 Å². The fraction of sp³-hybridized carbons (Fsp3) is 0.174. The number of nitrogens with two attached hydrogens (primary N) is 1. The van der Waals surface area contributed by atoms with Gasteiger partial charge in [0.15, 0.2) is 18.1 Å². The Labute approximate surface area is 188 Å². The Morgan fingerprint density at radius 1 is 1.30 bits per heavy atom. The summed E-state index contributed by atoms with van der Waals surface area (Å²) in [5, 5.41) is 19.3. The first-order valence-electron chi connectivity index (χ1n) is 9.90. The van der Waals surface area contributed by atoms with Gasteiger partial charge in [0.2, 0.25) is 11.8 Å². The van der Waals surface area contributed by atoms with Crippen LogP contribution in [0.2, 0.25) is 0 Å². The zero-order valence-corrected chi connectivity index (χ0v) is 17.8. The monoisotopic (exact) mass is 449 g/mol. The summed E-state index contributed by atoms with van der Waals surface area (Å²) in [6.45, 7) is 1.54. The highest BCUT2D eigenvalue weighted by atomic mass is 19.1. The lowest BCUT2D eigenvalue weighted by Crippen LogP contribution is -2.21. The average Bonchev–Trinajstić information content (AvgIpc) is 3.18. The van der Waals surface area contributed by atoms with Gasteiger partial charge in [0, 0.05) is 16.9 Å². The molecule has 1 atom stereocenters. The molecule has 168 valence electrons. The number of hydrogen-bond acceptors (Lipinski definition) is 7. The summed E-state index contributed by atoms with van der Waals surface area (Å²) in [7, 11) is 1.47. The molecule has 1 aromatic heterocycles. The van der Waals surface area contributed by atoms with Crippen LogP contribution in [0.3, 0.4) is 0 Å². The first-order valence-corrected chi connectivity index (χ1v) is 9.90. The van der Waals surface area contributed by atoms with Crippen LogP contribution >= 0.6 is 0 Å². The van der Waals surface area contributed by atoms with E-state index in [0.717, 1.165) is 5.69 Å². The molecule has 2 heterocycles. The Kier molecular flexibility index (Phi) is 5.87. The number of nitrogens with zero attached hydrogens (tertiary/aromatic N) is 2. The lowest BCUT2D eigenvalue weighted by atomic mass is 9.84. The highest BCUT2D eigenvalue weighted by Gasteiger charge is 2.34. The maximum Gasteiger partial charge on any atom is 0.262 e. The summed E-state index contributed by atoms with van der Waals surface area (Å²) in [5.74, 6) is -0.327. The normalized spacial score (nSPS) is 14.7. The number of fused-ring (bicyclic) bond motifs is 1. The van der Waals surface area contributed by atoms with Crippen molar-refractivity contribution >= 4 is 11.6 Å². The second kappa shape index (κ2) is 8.92. The number of allylic oxidation sites excluding steroid dienone is 1. The summed E-state index contributed by atoms with van der Waals surface area (Å²) in [5.41, 5.74) is 8.81. The van der Waals surface area contributed by atoms with Gasteiger partial charge < -0.3 is 25.3 Å². The molecular formula is C23H20FN5O4. The number of aromatic amines is 1. The summed E-state index contributed by atoms with van der Waals surface area (Å²) in [4.78, 5) is 12.2. The number of ether oxygens (including phenoxy) is 3. The Morgan fingerprint density at radius 2 is 2.06 bits per heavy atom. The molecule has 3 aromatic rings. The minimum atomic E-state index is -0.512. The quantitative estimate of drug-likeness (QED) is 0.526. The predicted molar refractivity (Wildman–Crippen MR) is 116 cm³/mol. The first kappa shape index (κ1) is 21.7. The van der Waals surface area contributed by atoms with Crippen molar-refractivity contribution in [3.63, 3.8) is 0 Å². The Hall–Kier alpha value is -4.52. The Bertz CT molecular complexity index is 1280. The number of aromatic nitrogens is 2. The molecule has 0 saturated heterocycles. The average molecular weight is 449 g/mol. The molecule has 10 heteroatoms. The van der Waals surface area contributed by atoms with Gasteiger partial charge in [0.1, 0.15) is 17.5 Å². The maximum atomic E-state index is 13.0. The lowest BCUT2D eigenvalue weighted by Gasteiger charge is -2.24. The van der Waals surface area contributed by atoms with Gasteiger partial charge in [0.25, 0.3) is 5.91 Å². The smallest absolute Gasteiger partial charge is 0.262 e. The number of carbonyl (C=O) groups is 1. The molecule has 4 rings (SSSR count). The highest BCUT2D eigenvalue weighted by molar-refractivity contribution is 5.91. The van der Waals surface area contributed by atoms with Crippen molar-refractivity contribution in [3.05, 3.63) is 76.6 Å². The van der Waals surface area contributed by atoms with Crippen molar-refractivity contribution in [1.82, 2.24) is 10.2 Å². The maximum absolute atomic E-state index is 13.0. The Morgan fingerprint density at radius 3 is 2.76 bits per heavy atom. The van der Waals surface area contributed by atoms with Crippen molar-refractivity contribution in [2.75, 3.05) is 19.0 Å². The molecular weight excluding hydrogens is 429 g/mol. The van der Waals surface area contributed by atoms with Crippen molar-refractivity contribution in [2.24, 2.45) is 5.73 Å². The molecule has 2 aromatic carbocycles. The number of carbonyl (C=O) groups excluding carboxylic acids is 1. The SMILES string of the molecule is COc1cc(C2C(C#N)=C(N)Oc3n[nH]c(C)c32)ccc1OCC(=O)Nc1ccc(F)cc1. The molecule has 1 aliphatic heterocycles. The van der Waals surface area contributed by atoms with Crippen LogP contribution in [0.1, 0.15) is 22.7 Å². The summed E-state index contributed by atoms with van der Waals surface area (Å²) in [6.07, 6.45) is 0. The summed E-state index contributed by atoms with van der Waals surface area (Å²) < 4.78 is 29.6. The van der Waals surface area contributed by atoms with Crippen LogP contribution in [-0.2, 0) is 4.79 Å². The number of hydrogen-bond donors (Lipinski definition) is 3. The van der Waals surface area contributed by atoms with E-state index in [1.807, 2.05) is 6.92 Å². The van der Waals surface area contributed by atoms with Gasteiger partial charge in [-0.1, -0.05) is 6.07 Å². The zero-order valence-electron chi connectivity index (χ0n) is 17.8. The van der Waals surface area contributed by atoms with E-state index in [0.29, 0.717) is 34.2 Å². The molecule has 0 spiro atoms.